The molecule has 1 nitrogen and oxygen atoms in total. The molecule has 3 heteroatoms. The van der Waals surface area contributed by atoms with Gasteiger partial charge in [0.15, 0.2) is 0 Å². The topological polar surface area (TPSA) is 17.1 Å². The fourth-order valence-corrected chi connectivity index (χ4v) is 0. The summed E-state index contributed by atoms with van der Waals surface area (Å²) in [4.78, 5) is 10.1. The first-order chi connectivity index (χ1) is 3.64. The Balaban J connectivity index is 0. The molecule has 0 saturated heterocycles. The molecule has 0 saturated carbocycles. The van der Waals surface area contributed by atoms with Gasteiger partial charge in [0.05, 0.1) is 0 Å². The van der Waals surface area contributed by atoms with Gasteiger partial charge in [-0.2, -0.15) is 0 Å². The molecule has 1 unspecified atom stereocenters. The maximum atomic E-state index is 10.1. The first-order valence-corrected chi connectivity index (χ1v) is 9.19. The van der Waals surface area contributed by atoms with Crippen molar-refractivity contribution in [3.05, 3.63) is 6.92 Å². The SMILES string of the molecule is [CH2-]C(C)C(C)=O.[Zn+][Br]. The molecule has 0 aromatic carbocycles. The summed E-state index contributed by atoms with van der Waals surface area (Å²) in [5, 5.41) is 0. The van der Waals surface area contributed by atoms with E-state index in [-0.39, 0.29) is 11.7 Å². The first-order valence-electron chi connectivity index (χ1n) is 2.25. The Labute approximate surface area is 67.3 Å². The van der Waals surface area contributed by atoms with Crippen LogP contribution < -0.4 is 0 Å². The van der Waals surface area contributed by atoms with E-state index in [1.165, 1.54) is 23.3 Å². The Hall–Kier alpha value is 0.773. The average Bonchev–Trinajstić information content (AvgIpc) is 1.72. The third-order valence-electron chi connectivity index (χ3n) is 0.694. The normalized spacial score (nSPS) is 11.2. The van der Waals surface area contributed by atoms with Gasteiger partial charge in [0.25, 0.3) is 0 Å². The Bertz CT molecular complexity index is 63.4. The molecule has 0 spiro atoms. The molecule has 0 N–H and O–H groups in total. The molecule has 0 aliphatic rings. The summed E-state index contributed by atoms with van der Waals surface area (Å²) in [7, 11) is 0. The third kappa shape index (κ3) is 9.91. The minimum absolute atomic E-state index is 0.0370. The second-order valence-electron chi connectivity index (χ2n) is 1.51. The Morgan fingerprint density at radius 3 is 1.88 bits per heavy atom. The molecule has 0 fully saturated rings. The van der Waals surface area contributed by atoms with Crippen LogP contribution in [-0.2, 0) is 21.1 Å². The number of hydrogen-bond acceptors (Lipinski definition) is 1. The molecule has 1 atom stereocenters. The molecule has 0 bridgehead atoms. The van der Waals surface area contributed by atoms with Crippen molar-refractivity contribution in [1.82, 2.24) is 0 Å². The fourth-order valence-electron chi connectivity index (χ4n) is 0. The number of hydrogen-bond donors (Lipinski definition) is 0. The quantitative estimate of drug-likeness (QED) is 0.497. The second kappa shape index (κ2) is 7.77. The zero-order valence-electron chi connectivity index (χ0n) is 5.28. The van der Waals surface area contributed by atoms with Crippen LogP contribution in [0.1, 0.15) is 13.8 Å². The molecule has 0 aromatic rings. The zero-order valence-corrected chi connectivity index (χ0v) is 9.83. The number of carbonyl (C=O) groups excluding carboxylic acids is 1. The van der Waals surface area contributed by atoms with Crippen LogP contribution in [0.4, 0.5) is 0 Å². The molecular weight excluding hydrogens is 221 g/mol. The summed E-state index contributed by atoms with van der Waals surface area (Å²) >= 11 is 4.25. The van der Waals surface area contributed by atoms with Crippen LogP contribution in [0, 0.1) is 12.8 Å². The molecule has 0 aliphatic carbocycles. The van der Waals surface area contributed by atoms with Gasteiger partial charge < -0.3 is 11.7 Å². The number of carbonyl (C=O) groups is 1. The van der Waals surface area contributed by atoms with Crippen molar-refractivity contribution in [2.45, 2.75) is 13.8 Å². The van der Waals surface area contributed by atoms with E-state index in [9.17, 15) is 4.79 Å². The Morgan fingerprint density at radius 2 is 1.88 bits per heavy atom. The van der Waals surface area contributed by atoms with Gasteiger partial charge in [0.2, 0.25) is 0 Å². The van der Waals surface area contributed by atoms with Gasteiger partial charge in [0.1, 0.15) is 5.78 Å². The van der Waals surface area contributed by atoms with Gasteiger partial charge in [-0.25, -0.2) is 0 Å². The number of halogens is 1. The van der Waals surface area contributed by atoms with Crippen LogP contribution in [0.3, 0.4) is 0 Å². The summed E-state index contributed by atoms with van der Waals surface area (Å²) in [6, 6.07) is 0. The van der Waals surface area contributed by atoms with E-state index in [1.54, 1.807) is 6.92 Å². The van der Waals surface area contributed by atoms with Crippen LogP contribution >= 0.6 is 13.6 Å². The van der Waals surface area contributed by atoms with E-state index in [0.717, 1.165) is 0 Å². The van der Waals surface area contributed by atoms with Crippen molar-refractivity contribution in [3.8, 4) is 0 Å². The van der Waals surface area contributed by atoms with E-state index >= 15 is 0 Å². The van der Waals surface area contributed by atoms with Crippen molar-refractivity contribution >= 4 is 19.4 Å². The summed E-state index contributed by atoms with van der Waals surface area (Å²) in [6.45, 7) is 6.81. The van der Waals surface area contributed by atoms with E-state index in [4.69, 9.17) is 0 Å². The maximum absolute atomic E-state index is 10.1. The van der Waals surface area contributed by atoms with Crippen molar-refractivity contribution in [2.75, 3.05) is 0 Å². The standard InChI is InChI=1S/C5H9O.BrH.Zn/c1-4(2)5(3)6;;/h4H,1H2,2-3H3;1H;/q-1;;+2/p-1. The van der Waals surface area contributed by atoms with Gasteiger partial charge >= 0.3 is 30.0 Å². The van der Waals surface area contributed by atoms with Crippen molar-refractivity contribution in [1.29, 1.82) is 0 Å². The molecule has 0 aliphatic heterocycles. The molecule has 0 rings (SSSR count). The van der Waals surface area contributed by atoms with Crippen LogP contribution in [0.15, 0.2) is 0 Å². The molecule has 8 heavy (non-hydrogen) atoms. The van der Waals surface area contributed by atoms with E-state index in [1.807, 2.05) is 0 Å². The molecule has 0 radical (unpaired) electrons. The molecule has 0 amide bonds. The first kappa shape index (κ1) is 11.6. The van der Waals surface area contributed by atoms with Crippen molar-refractivity contribution < 1.29 is 21.1 Å². The van der Waals surface area contributed by atoms with Crippen molar-refractivity contribution in [2.24, 2.45) is 5.92 Å². The Morgan fingerprint density at radius 1 is 1.75 bits per heavy atom. The summed E-state index contributed by atoms with van der Waals surface area (Å²) in [5.41, 5.74) is 0. The second-order valence-corrected chi connectivity index (χ2v) is 1.51. The number of Topliss-reactive ketones (excluding diaryl/α,β-unsaturated/α-hetero) is 1. The van der Waals surface area contributed by atoms with Gasteiger partial charge in [-0.1, -0.05) is 6.92 Å². The summed E-state index contributed by atoms with van der Waals surface area (Å²) in [6.07, 6.45) is 0. The van der Waals surface area contributed by atoms with Crippen LogP contribution in [0.2, 0.25) is 0 Å². The summed E-state index contributed by atoms with van der Waals surface area (Å²) < 4.78 is 0. The molecular formula is C5H9BrOZn. The molecule has 44 valence electrons. The fraction of sp³-hybridized carbons (Fsp3) is 0.600. The van der Waals surface area contributed by atoms with E-state index in [2.05, 4.69) is 20.5 Å². The summed E-state index contributed by atoms with van der Waals surface area (Å²) in [5.74, 6) is 0.111. The molecule has 0 heterocycles. The predicted molar refractivity (Wildman–Crippen MR) is 34.1 cm³/mol. The third-order valence-corrected chi connectivity index (χ3v) is 0.694. The monoisotopic (exact) mass is 228 g/mol. The number of ketones is 1. The van der Waals surface area contributed by atoms with Gasteiger partial charge in [0, 0.05) is 0 Å². The average molecular weight is 230 g/mol. The van der Waals surface area contributed by atoms with E-state index < -0.39 is 0 Å². The van der Waals surface area contributed by atoms with Gasteiger partial charge in [-0.15, -0.1) is 5.92 Å². The zero-order chi connectivity index (χ0) is 7.15. The number of rotatable bonds is 1. The van der Waals surface area contributed by atoms with Crippen LogP contribution in [0.5, 0.6) is 0 Å². The van der Waals surface area contributed by atoms with Gasteiger partial charge in [-0.3, -0.25) is 0 Å². The van der Waals surface area contributed by atoms with Crippen LogP contribution in [0.25, 0.3) is 0 Å². The van der Waals surface area contributed by atoms with Crippen LogP contribution in [-0.4, -0.2) is 5.78 Å². The Kier molecular flexibility index (Phi) is 11.2. The minimum atomic E-state index is -0.0370. The predicted octanol–water partition coefficient (Wildman–Crippen LogP) is 1.89. The van der Waals surface area contributed by atoms with Crippen molar-refractivity contribution in [3.63, 3.8) is 0 Å². The van der Waals surface area contributed by atoms with E-state index in [0.29, 0.717) is 0 Å². The van der Waals surface area contributed by atoms with Gasteiger partial charge in [-0.05, 0) is 6.92 Å². The molecule has 0 aromatic heterocycles.